The van der Waals surface area contributed by atoms with E-state index in [0.29, 0.717) is 42.1 Å². The van der Waals surface area contributed by atoms with E-state index in [1.54, 1.807) is 24.1 Å². The predicted molar refractivity (Wildman–Crippen MR) is 141 cm³/mol. The molecule has 0 spiro atoms. The highest BCUT2D eigenvalue weighted by molar-refractivity contribution is 6.20. The van der Waals surface area contributed by atoms with Crippen molar-refractivity contribution >= 4 is 40.1 Å². The van der Waals surface area contributed by atoms with Gasteiger partial charge in [-0.1, -0.05) is 12.1 Å². The number of aromatic nitrogens is 2. The van der Waals surface area contributed by atoms with Crippen LogP contribution in [0, 0.1) is 0 Å². The Hall–Kier alpha value is -4.02. The van der Waals surface area contributed by atoms with Crippen LogP contribution in [0.5, 0.6) is 5.75 Å². The standard InChI is InChI=1S/C28H23ClF2N4O4/c1-15-13-38-14-24-33-23-11-18(26(36)32-19-5-7-20(8-6-19)39-28(29,30)31)10-21(25(23)35(15)24)16-3-4-17-12-34(2)27(37)22(17)9-16/h3-11,15H,12-14H2,1-2H3,(H,32,36)/t15-/m1/s1. The molecule has 4 aromatic rings. The summed E-state index contributed by atoms with van der Waals surface area (Å²) in [6, 6.07) is 14.7. The largest absolute Gasteiger partial charge is 0.487 e. The summed E-state index contributed by atoms with van der Waals surface area (Å²) in [5.41, 5.74) is 1.53. The Morgan fingerprint density at radius 3 is 2.67 bits per heavy atom. The number of anilines is 1. The van der Waals surface area contributed by atoms with Crippen LogP contribution in [0.4, 0.5) is 14.5 Å². The SMILES string of the molecule is C[C@@H]1COCc2nc3cc(C(=O)Nc4ccc(OC(F)(F)Cl)cc4)cc(-c4ccc5c(c4)C(=O)N(C)C5)c3n21. The Kier molecular flexibility index (Phi) is 6.04. The van der Waals surface area contributed by atoms with Crippen molar-refractivity contribution in [1.29, 1.82) is 0 Å². The molecule has 11 heteroatoms. The van der Waals surface area contributed by atoms with Gasteiger partial charge in [0.25, 0.3) is 11.8 Å². The van der Waals surface area contributed by atoms with Gasteiger partial charge in [0.05, 0.1) is 23.7 Å². The zero-order valence-corrected chi connectivity index (χ0v) is 21.8. The fourth-order valence-corrected chi connectivity index (χ4v) is 5.25. The first kappa shape index (κ1) is 25.3. The molecule has 0 unspecified atom stereocenters. The molecule has 3 aromatic carbocycles. The number of benzene rings is 3. The lowest BCUT2D eigenvalue weighted by Crippen LogP contribution is -2.21. The third kappa shape index (κ3) is 4.70. The molecule has 0 aliphatic carbocycles. The van der Waals surface area contributed by atoms with Crippen molar-refractivity contribution in [2.24, 2.45) is 0 Å². The molecule has 0 radical (unpaired) electrons. The number of ether oxygens (including phenoxy) is 2. The molecular weight excluding hydrogens is 530 g/mol. The number of hydrogen-bond acceptors (Lipinski definition) is 5. The monoisotopic (exact) mass is 552 g/mol. The minimum absolute atomic E-state index is 0.0282. The average Bonchev–Trinajstić information content (AvgIpc) is 3.41. The van der Waals surface area contributed by atoms with Gasteiger partial charge in [0, 0.05) is 47.6 Å². The molecule has 8 nitrogen and oxygen atoms in total. The summed E-state index contributed by atoms with van der Waals surface area (Å²) in [4.78, 5) is 32.5. The van der Waals surface area contributed by atoms with Gasteiger partial charge in [0.2, 0.25) is 0 Å². The van der Waals surface area contributed by atoms with Crippen molar-refractivity contribution in [3.05, 3.63) is 77.1 Å². The maximum atomic E-state index is 13.3. The second-order valence-corrected chi connectivity index (χ2v) is 10.2. The molecular formula is C28H23ClF2N4O4. The van der Waals surface area contributed by atoms with Crippen LogP contribution in [0.25, 0.3) is 22.2 Å². The van der Waals surface area contributed by atoms with E-state index in [9.17, 15) is 18.4 Å². The number of halogens is 3. The van der Waals surface area contributed by atoms with Crippen LogP contribution < -0.4 is 10.1 Å². The lowest BCUT2D eigenvalue weighted by molar-refractivity contribution is -0.0964. The van der Waals surface area contributed by atoms with E-state index >= 15 is 0 Å². The first-order valence-electron chi connectivity index (χ1n) is 12.3. The van der Waals surface area contributed by atoms with Gasteiger partial charge >= 0.3 is 5.57 Å². The molecule has 0 bridgehead atoms. The van der Waals surface area contributed by atoms with Crippen LogP contribution in [0.3, 0.4) is 0 Å². The van der Waals surface area contributed by atoms with E-state index < -0.39 is 11.5 Å². The summed E-state index contributed by atoms with van der Waals surface area (Å²) in [6.45, 7) is 3.48. The van der Waals surface area contributed by atoms with Crippen molar-refractivity contribution in [3.63, 3.8) is 0 Å². The van der Waals surface area contributed by atoms with Crippen LogP contribution in [-0.4, -0.2) is 45.5 Å². The van der Waals surface area contributed by atoms with Crippen molar-refractivity contribution in [3.8, 4) is 16.9 Å². The Balaban J connectivity index is 1.41. The highest BCUT2D eigenvalue weighted by atomic mass is 35.5. The number of fused-ring (bicyclic) bond motifs is 4. The van der Waals surface area contributed by atoms with Gasteiger partial charge in [0.15, 0.2) is 0 Å². The summed E-state index contributed by atoms with van der Waals surface area (Å²) >= 11 is 4.82. The molecule has 2 aliphatic rings. The van der Waals surface area contributed by atoms with Crippen molar-refractivity contribution < 1.29 is 27.8 Å². The van der Waals surface area contributed by atoms with Crippen LogP contribution in [0.2, 0.25) is 0 Å². The molecule has 200 valence electrons. The number of rotatable bonds is 5. The lowest BCUT2D eigenvalue weighted by Gasteiger charge is -2.23. The topological polar surface area (TPSA) is 85.7 Å². The minimum atomic E-state index is -3.83. The molecule has 0 saturated heterocycles. The Morgan fingerprint density at radius 2 is 1.92 bits per heavy atom. The summed E-state index contributed by atoms with van der Waals surface area (Å²) < 4.78 is 38.0. The molecule has 1 N–H and O–H groups in total. The van der Waals surface area contributed by atoms with E-state index in [1.165, 1.54) is 24.3 Å². The number of hydrogen-bond donors (Lipinski definition) is 1. The smallest absolute Gasteiger partial charge is 0.420 e. The fourth-order valence-electron chi connectivity index (χ4n) is 5.16. The van der Waals surface area contributed by atoms with Gasteiger partial charge in [-0.05, 0) is 60.5 Å². The van der Waals surface area contributed by atoms with Gasteiger partial charge in [-0.2, -0.15) is 0 Å². The number of carbonyl (C=O) groups excluding carboxylic acids is 2. The maximum absolute atomic E-state index is 13.3. The zero-order valence-electron chi connectivity index (χ0n) is 21.0. The molecule has 1 atom stereocenters. The van der Waals surface area contributed by atoms with Crippen LogP contribution in [0.1, 0.15) is 45.1 Å². The van der Waals surface area contributed by atoms with Crippen LogP contribution in [-0.2, 0) is 17.9 Å². The number of nitrogens with one attached hydrogen (secondary N) is 1. The van der Waals surface area contributed by atoms with Gasteiger partial charge in [0.1, 0.15) is 18.2 Å². The highest BCUT2D eigenvalue weighted by Crippen LogP contribution is 2.37. The number of nitrogens with zero attached hydrogens (tertiary/aromatic N) is 3. The number of amides is 2. The summed E-state index contributed by atoms with van der Waals surface area (Å²) in [5, 5.41) is 2.78. The Bertz CT molecular complexity index is 1630. The van der Waals surface area contributed by atoms with E-state index in [2.05, 4.69) is 14.6 Å². The highest BCUT2D eigenvalue weighted by Gasteiger charge is 2.29. The second kappa shape index (κ2) is 9.32. The number of imidazole rings is 1. The van der Waals surface area contributed by atoms with Gasteiger partial charge in [-0.15, -0.1) is 8.78 Å². The predicted octanol–water partition coefficient (Wildman–Crippen LogP) is 5.80. The van der Waals surface area contributed by atoms with Crippen molar-refractivity contribution in [2.45, 2.75) is 31.7 Å². The summed E-state index contributed by atoms with van der Waals surface area (Å²) in [6.07, 6.45) is 0. The molecule has 0 saturated carbocycles. The maximum Gasteiger partial charge on any atom is 0.487 e. The normalized spacial score (nSPS) is 16.8. The quantitative estimate of drug-likeness (QED) is 0.316. The summed E-state index contributed by atoms with van der Waals surface area (Å²) in [7, 11) is 1.76. The van der Waals surface area contributed by atoms with E-state index in [0.717, 1.165) is 28.0 Å². The lowest BCUT2D eigenvalue weighted by atomic mass is 9.97. The van der Waals surface area contributed by atoms with Gasteiger partial charge in [-0.25, -0.2) is 4.98 Å². The number of carbonyl (C=O) groups is 2. The molecule has 2 aliphatic heterocycles. The van der Waals surface area contributed by atoms with E-state index in [4.69, 9.17) is 21.3 Å². The molecule has 1 aromatic heterocycles. The zero-order chi connectivity index (χ0) is 27.5. The van der Waals surface area contributed by atoms with E-state index in [1.807, 2.05) is 25.1 Å². The van der Waals surface area contributed by atoms with Gasteiger partial charge in [-0.3, -0.25) is 9.59 Å². The van der Waals surface area contributed by atoms with Crippen LogP contribution in [0.15, 0.2) is 54.6 Å². The molecule has 6 rings (SSSR count). The fraction of sp³-hybridized carbons (Fsp3) is 0.250. The third-order valence-corrected chi connectivity index (χ3v) is 6.98. The molecule has 0 fully saturated rings. The van der Waals surface area contributed by atoms with Gasteiger partial charge < -0.3 is 24.3 Å². The van der Waals surface area contributed by atoms with Crippen molar-refractivity contribution in [2.75, 3.05) is 19.0 Å². The molecule has 2 amide bonds. The summed E-state index contributed by atoms with van der Waals surface area (Å²) in [5.74, 6) is 0.148. The average molecular weight is 553 g/mol. The van der Waals surface area contributed by atoms with Crippen molar-refractivity contribution in [1.82, 2.24) is 14.5 Å². The Labute approximate surface area is 227 Å². The molecule has 3 heterocycles. The molecule has 39 heavy (non-hydrogen) atoms. The second-order valence-electron chi connectivity index (χ2n) is 9.71. The first-order chi connectivity index (χ1) is 18.6. The first-order valence-corrected chi connectivity index (χ1v) is 12.6. The number of alkyl halides is 3. The third-order valence-electron chi connectivity index (χ3n) is 6.90. The Morgan fingerprint density at radius 1 is 1.15 bits per heavy atom. The van der Waals surface area contributed by atoms with Crippen LogP contribution >= 0.6 is 11.6 Å². The minimum Gasteiger partial charge on any atom is -0.420 e. The van der Waals surface area contributed by atoms with E-state index in [-0.39, 0.29) is 17.7 Å².